The third-order valence-electron chi connectivity index (χ3n) is 6.97. The van der Waals surface area contributed by atoms with Gasteiger partial charge in [-0.05, 0) is 55.2 Å². The lowest BCUT2D eigenvalue weighted by Gasteiger charge is -2.32. The molecule has 11 heteroatoms. The number of nitrogens with one attached hydrogen (secondary N) is 3. The molecule has 0 spiro atoms. The van der Waals surface area contributed by atoms with Crippen LogP contribution in [0, 0.1) is 5.92 Å². The minimum atomic E-state index is -1.19. The van der Waals surface area contributed by atoms with Crippen LogP contribution in [0.3, 0.4) is 0 Å². The predicted octanol–water partition coefficient (Wildman–Crippen LogP) is 2.55. The number of rotatable bonds is 6. The van der Waals surface area contributed by atoms with E-state index < -0.39 is 29.8 Å². The van der Waals surface area contributed by atoms with Crippen molar-refractivity contribution in [3.8, 4) is 11.5 Å². The number of carbonyl (C=O) groups excluding carboxylic acids is 4. The fourth-order valence-electron chi connectivity index (χ4n) is 4.82. The van der Waals surface area contributed by atoms with E-state index in [2.05, 4.69) is 16.0 Å². The fraction of sp³-hybridized carbons (Fsp3) is 0.448. The SMILES string of the molecule is CC(C)[C@H]1NC(=O)C[C@@H](C(=O)NCCOc2ccc(Cl)cc2)NC(=O)c2ccccc2OC[C@@H]2CCCN2C1=O. The molecular formula is C29H35ClN4O6. The Balaban J connectivity index is 1.51. The maximum absolute atomic E-state index is 13.5. The topological polar surface area (TPSA) is 126 Å². The lowest BCUT2D eigenvalue weighted by Crippen LogP contribution is -2.55. The summed E-state index contributed by atoms with van der Waals surface area (Å²) in [4.78, 5) is 54.8. The lowest BCUT2D eigenvalue weighted by atomic mass is 10.0. The summed E-state index contributed by atoms with van der Waals surface area (Å²) in [5.74, 6) is -1.04. The monoisotopic (exact) mass is 570 g/mol. The van der Waals surface area contributed by atoms with Gasteiger partial charge >= 0.3 is 0 Å². The first-order valence-electron chi connectivity index (χ1n) is 13.5. The van der Waals surface area contributed by atoms with Gasteiger partial charge in [0.1, 0.15) is 36.8 Å². The largest absolute Gasteiger partial charge is 0.492 e. The van der Waals surface area contributed by atoms with Crippen LogP contribution in [0.15, 0.2) is 48.5 Å². The molecule has 2 aromatic rings. The van der Waals surface area contributed by atoms with Crippen LogP contribution in [0.1, 0.15) is 43.5 Å². The minimum Gasteiger partial charge on any atom is -0.492 e. The molecule has 40 heavy (non-hydrogen) atoms. The van der Waals surface area contributed by atoms with Crippen molar-refractivity contribution in [3.63, 3.8) is 0 Å². The molecule has 1 fully saturated rings. The highest BCUT2D eigenvalue weighted by molar-refractivity contribution is 6.30. The van der Waals surface area contributed by atoms with Crippen molar-refractivity contribution >= 4 is 35.2 Å². The summed E-state index contributed by atoms with van der Waals surface area (Å²) >= 11 is 5.89. The van der Waals surface area contributed by atoms with Crippen molar-refractivity contribution in [3.05, 3.63) is 59.1 Å². The second-order valence-corrected chi connectivity index (χ2v) is 10.7. The normalized spacial score (nSPS) is 21.9. The Bertz CT molecular complexity index is 1220. The smallest absolute Gasteiger partial charge is 0.255 e. The van der Waals surface area contributed by atoms with Gasteiger partial charge in [-0.15, -0.1) is 0 Å². The van der Waals surface area contributed by atoms with Gasteiger partial charge in [-0.3, -0.25) is 19.2 Å². The molecule has 2 heterocycles. The van der Waals surface area contributed by atoms with Gasteiger partial charge < -0.3 is 30.3 Å². The van der Waals surface area contributed by atoms with E-state index in [1.807, 2.05) is 13.8 Å². The first-order chi connectivity index (χ1) is 19.2. The molecule has 0 bridgehead atoms. The van der Waals surface area contributed by atoms with E-state index >= 15 is 0 Å². The summed E-state index contributed by atoms with van der Waals surface area (Å²) in [6, 6.07) is 11.4. The lowest BCUT2D eigenvalue weighted by molar-refractivity contribution is -0.139. The third kappa shape index (κ3) is 7.44. The standard InChI is InChI=1S/C29H35ClN4O6/c1-18(2)26-29(38)34-14-5-6-20(34)17-40-24-8-4-3-7-22(24)27(36)32-23(16-25(35)33-26)28(37)31-13-15-39-21-11-9-19(30)10-12-21/h3-4,7-12,18,20,23,26H,5-6,13-17H2,1-2H3,(H,31,37)(H,32,36)(H,33,35)/t20-,23-,26+/m0/s1. The molecule has 2 aromatic carbocycles. The van der Waals surface area contributed by atoms with E-state index in [9.17, 15) is 19.2 Å². The second kappa shape index (κ2) is 13.5. The number of para-hydroxylation sites is 1. The molecule has 10 nitrogen and oxygen atoms in total. The molecule has 0 unspecified atom stereocenters. The Labute approximate surface area is 238 Å². The Morgan fingerprint density at radius 3 is 2.62 bits per heavy atom. The number of carbonyl (C=O) groups is 4. The zero-order valence-electron chi connectivity index (χ0n) is 22.7. The van der Waals surface area contributed by atoms with Crippen molar-refractivity contribution in [1.82, 2.24) is 20.9 Å². The summed E-state index contributed by atoms with van der Waals surface area (Å²) in [6.07, 6.45) is 1.24. The van der Waals surface area contributed by atoms with Gasteiger partial charge in [0.2, 0.25) is 17.7 Å². The maximum atomic E-state index is 13.5. The van der Waals surface area contributed by atoms with Crippen molar-refractivity contribution in [1.29, 1.82) is 0 Å². The summed E-state index contributed by atoms with van der Waals surface area (Å²) in [6.45, 7) is 4.80. The highest BCUT2D eigenvalue weighted by Gasteiger charge is 2.37. The van der Waals surface area contributed by atoms with Crippen LogP contribution >= 0.6 is 11.6 Å². The number of nitrogens with zero attached hydrogens (tertiary/aromatic N) is 1. The molecule has 0 saturated carbocycles. The zero-order chi connectivity index (χ0) is 28.6. The van der Waals surface area contributed by atoms with E-state index in [0.717, 1.165) is 12.8 Å². The molecule has 0 aromatic heterocycles. The van der Waals surface area contributed by atoms with E-state index in [0.29, 0.717) is 23.1 Å². The van der Waals surface area contributed by atoms with Crippen LogP contribution < -0.4 is 25.4 Å². The molecule has 214 valence electrons. The number of hydrogen-bond donors (Lipinski definition) is 3. The van der Waals surface area contributed by atoms with Gasteiger partial charge in [0.15, 0.2) is 0 Å². The molecule has 1 saturated heterocycles. The number of ether oxygens (including phenoxy) is 2. The Morgan fingerprint density at radius 1 is 1.12 bits per heavy atom. The summed E-state index contributed by atoms with van der Waals surface area (Å²) in [7, 11) is 0. The Hall–Kier alpha value is -3.79. The highest BCUT2D eigenvalue weighted by Crippen LogP contribution is 2.24. The van der Waals surface area contributed by atoms with Gasteiger partial charge in [-0.25, -0.2) is 0 Å². The molecule has 4 rings (SSSR count). The number of amides is 4. The van der Waals surface area contributed by atoms with Gasteiger partial charge in [0, 0.05) is 11.6 Å². The van der Waals surface area contributed by atoms with Crippen molar-refractivity contribution in [2.24, 2.45) is 5.92 Å². The Kier molecular flexibility index (Phi) is 9.87. The molecule has 3 N–H and O–H groups in total. The first kappa shape index (κ1) is 29.2. The molecule has 0 radical (unpaired) electrons. The number of benzene rings is 2. The quantitative estimate of drug-likeness (QED) is 0.458. The van der Waals surface area contributed by atoms with Crippen molar-refractivity contribution in [2.45, 2.75) is 51.2 Å². The summed E-state index contributed by atoms with van der Waals surface area (Å²) in [5.41, 5.74) is 0.236. The van der Waals surface area contributed by atoms with E-state index in [1.54, 1.807) is 53.4 Å². The van der Waals surface area contributed by atoms with Crippen LogP contribution in [0.25, 0.3) is 0 Å². The zero-order valence-corrected chi connectivity index (χ0v) is 23.4. The summed E-state index contributed by atoms with van der Waals surface area (Å²) in [5, 5.41) is 8.78. The van der Waals surface area contributed by atoms with Crippen LogP contribution in [-0.2, 0) is 14.4 Å². The maximum Gasteiger partial charge on any atom is 0.255 e. The van der Waals surface area contributed by atoms with Gasteiger partial charge in [0.25, 0.3) is 5.91 Å². The van der Waals surface area contributed by atoms with Crippen LogP contribution in [0.5, 0.6) is 11.5 Å². The molecular weight excluding hydrogens is 536 g/mol. The number of halogens is 1. The van der Waals surface area contributed by atoms with Crippen molar-refractivity contribution in [2.75, 3.05) is 26.3 Å². The number of hydrogen-bond acceptors (Lipinski definition) is 6. The predicted molar refractivity (Wildman–Crippen MR) is 149 cm³/mol. The van der Waals surface area contributed by atoms with Crippen molar-refractivity contribution < 1.29 is 28.7 Å². The molecule has 0 aliphatic carbocycles. The average molecular weight is 571 g/mol. The second-order valence-electron chi connectivity index (χ2n) is 10.2. The third-order valence-corrected chi connectivity index (χ3v) is 7.22. The van der Waals surface area contributed by atoms with Crippen LogP contribution in [0.2, 0.25) is 5.02 Å². The fourth-order valence-corrected chi connectivity index (χ4v) is 4.94. The molecule has 2 aliphatic rings. The molecule has 3 atom stereocenters. The highest BCUT2D eigenvalue weighted by atomic mass is 35.5. The average Bonchev–Trinajstić information content (AvgIpc) is 3.41. The molecule has 2 aliphatic heterocycles. The van der Waals surface area contributed by atoms with E-state index in [4.69, 9.17) is 21.1 Å². The van der Waals surface area contributed by atoms with Crippen LogP contribution in [-0.4, -0.2) is 73.0 Å². The van der Waals surface area contributed by atoms with Gasteiger partial charge in [-0.2, -0.15) is 0 Å². The van der Waals surface area contributed by atoms with E-state index in [1.165, 1.54) is 0 Å². The van der Waals surface area contributed by atoms with Gasteiger partial charge in [0.05, 0.1) is 24.6 Å². The molecule has 4 amide bonds. The first-order valence-corrected chi connectivity index (χ1v) is 13.9. The van der Waals surface area contributed by atoms with E-state index in [-0.39, 0.29) is 49.6 Å². The summed E-state index contributed by atoms with van der Waals surface area (Å²) < 4.78 is 11.7. The number of fused-ring (bicyclic) bond motifs is 2. The Morgan fingerprint density at radius 2 is 1.88 bits per heavy atom. The minimum absolute atomic E-state index is 0.138. The van der Waals surface area contributed by atoms with Crippen LogP contribution in [0.4, 0.5) is 0 Å². The van der Waals surface area contributed by atoms with Gasteiger partial charge in [-0.1, -0.05) is 37.6 Å².